The smallest absolute Gasteiger partial charge is 0.254 e. The van der Waals surface area contributed by atoms with Gasteiger partial charge in [0.15, 0.2) is 0 Å². The number of H-pyrrole nitrogens is 1. The number of benzene rings is 1. The van der Waals surface area contributed by atoms with Gasteiger partial charge in [0, 0.05) is 16.8 Å². The fourth-order valence-corrected chi connectivity index (χ4v) is 2.19. The number of nitrogens with one attached hydrogen (secondary N) is 1. The number of rotatable bonds is 3. The highest BCUT2D eigenvalue weighted by molar-refractivity contribution is 5.55. The van der Waals surface area contributed by atoms with Crippen LogP contribution in [-0.4, -0.2) is 9.97 Å². The van der Waals surface area contributed by atoms with Crippen molar-refractivity contribution in [3.63, 3.8) is 0 Å². The Morgan fingerprint density at radius 3 is 2.32 bits per heavy atom. The molecule has 0 spiro atoms. The lowest BCUT2D eigenvalue weighted by Gasteiger charge is -2.08. The molecule has 0 saturated carbocycles. The first-order valence-corrected chi connectivity index (χ1v) is 6.73. The van der Waals surface area contributed by atoms with Crippen LogP contribution in [0.2, 0.25) is 0 Å². The molecule has 2 aromatic rings. The van der Waals surface area contributed by atoms with Crippen molar-refractivity contribution in [2.75, 3.05) is 0 Å². The maximum Gasteiger partial charge on any atom is 0.254 e. The average molecular weight is 256 g/mol. The van der Waals surface area contributed by atoms with E-state index in [0.717, 1.165) is 16.8 Å². The number of aromatic amines is 1. The van der Waals surface area contributed by atoms with Crippen LogP contribution in [0.25, 0.3) is 11.4 Å². The first kappa shape index (κ1) is 13.5. The van der Waals surface area contributed by atoms with Gasteiger partial charge in [0.2, 0.25) is 0 Å². The normalized spacial score (nSPS) is 11.0. The van der Waals surface area contributed by atoms with Crippen LogP contribution < -0.4 is 5.56 Å². The largest absolute Gasteiger partial charge is 0.306 e. The highest BCUT2D eigenvalue weighted by atomic mass is 16.1. The van der Waals surface area contributed by atoms with E-state index in [1.807, 2.05) is 26.0 Å². The molecule has 3 nitrogen and oxygen atoms in total. The van der Waals surface area contributed by atoms with Gasteiger partial charge < -0.3 is 4.98 Å². The predicted molar refractivity (Wildman–Crippen MR) is 78.5 cm³/mol. The Kier molecular flexibility index (Phi) is 3.84. The van der Waals surface area contributed by atoms with Crippen LogP contribution in [0.1, 0.15) is 43.5 Å². The first-order chi connectivity index (χ1) is 9.02. The van der Waals surface area contributed by atoms with Crippen molar-refractivity contribution < 1.29 is 0 Å². The van der Waals surface area contributed by atoms with Crippen LogP contribution in [-0.2, 0) is 6.42 Å². The zero-order valence-electron chi connectivity index (χ0n) is 11.9. The summed E-state index contributed by atoms with van der Waals surface area (Å²) in [6.07, 6.45) is 0.709. The molecule has 2 rings (SSSR count). The van der Waals surface area contributed by atoms with Crippen molar-refractivity contribution >= 4 is 0 Å². The predicted octanol–water partition coefficient (Wildman–Crippen LogP) is 3.43. The second-order valence-electron chi connectivity index (χ2n) is 5.11. The summed E-state index contributed by atoms with van der Waals surface area (Å²) >= 11 is 0. The minimum atomic E-state index is -0.0297. The molecule has 0 unspecified atom stereocenters. The quantitative estimate of drug-likeness (QED) is 0.914. The lowest BCUT2D eigenvalue weighted by atomic mass is 10.0. The molecule has 0 saturated heterocycles. The Bertz CT molecular complexity index is 624. The van der Waals surface area contributed by atoms with E-state index in [9.17, 15) is 4.79 Å². The van der Waals surface area contributed by atoms with Gasteiger partial charge in [0.25, 0.3) is 5.56 Å². The molecule has 1 aromatic heterocycles. The van der Waals surface area contributed by atoms with E-state index in [1.54, 1.807) is 0 Å². The molecule has 0 radical (unpaired) electrons. The number of aryl methyl sites for hydroxylation is 1. The highest BCUT2D eigenvalue weighted by Crippen LogP contribution is 2.19. The number of hydrogen-bond acceptors (Lipinski definition) is 2. The van der Waals surface area contributed by atoms with Gasteiger partial charge in [0.1, 0.15) is 5.82 Å². The van der Waals surface area contributed by atoms with Crippen LogP contribution >= 0.6 is 0 Å². The van der Waals surface area contributed by atoms with Gasteiger partial charge in [-0.3, -0.25) is 4.79 Å². The van der Waals surface area contributed by atoms with E-state index in [2.05, 4.69) is 35.9 Å². The standard InChI is InChI=1S/C16H20N2O/c1-5-14-11(4)17-15(18-16(14)19)13-8-6-12(7-9-13)10(2)3/h6-10H,5H2,1-4H3,(H,17,18,19). The SMILES string of the molecule is CCc1c(C)nc(-c2ccc(C(C)C)cc2)[nH]c1=O. The third kappa shape index (κ3) is 2.75. The van der Waals surface area contributed by atoms with Crippen LogP contribution in [0.3, 0.4) is 0 Å². The van der Waals surface area contributed by atoms with Crippen LogP contribution in [0, 0.1) is 6.92 Å². The zero-order chi connectivity index (χ0) is 14.0. The summed E-state index contributed by atoms with van der Waals surface area (Å²) in [5.41, 5.74) is 3.79. The Morgan fingerprint density at radius 2 is 1.84 bits per heavy atom. The summed E-state index contributed by atoms with van der Waals surface area (Å²) < 4.78 is 0. The average Bonchev–Trinajstić information content (AvgIpc) is 2.38. The maximum absolute atomic E-state index is 11.9. The first-order valence-electron chi connectivity index (χ1n) is 6.73. The van der Waals surface area contributed by atoms with Gasteiger partial charge in [-0.05, 0) is 24.8 Å². The molecule has 0 bridgehead atoms. The van der Waals surface area contributed by atoms with Gasteiger partial charge in [-0.15, -0.1) is 0 Å². The lowest BCUT2D eigenvalue weighted by Crippen LogP contribution is -2.16. The monoisotopic (exact) mass is 256 g/mol. The van der Waals surface area contributed by atoms with Gasteiger partial charge >= 0.3 is 0 Å². The highest BCUT2D eigenvalue weighted by Gasteiger charge is 2.08. The fraction of sp³-hybridized carbons (Fsp3) is 0.375. The molecule has 1 aromatic carbocycles. The third-order valence-electron chi connectivity index (χ3n) is 3.43. The minimum Gasteiger partial charge on any atom is -0.306 e. The molecule has 100 valence electrons. The van der Waals surface area contributed by atoms with Crippen molar-refractivity contribution in [3.05, 3.63) is 51.4 Å². The zero-order valence-corrected chi connectivity index (χ0v) is 11.9. The lowest BCUT2D eigenvalue weighted by molar-refractivity contribution is 0.866. The van der Waals surface area contributed by atoms with Crippen molar-refractivity contribution in [3.8, 4) is 11.4 Å². The maximum atomic E-state index is 11.9. The van der Waals surface area contributed by atoms with Crippen molar-refractivity contribution in [2.24, 2.45) is 0 Å². The summed E-state index contributed by atoms with van der Waals surface area (Å²) in [6, 6.07) is 8.20. The molecule has 0 atom stereocenters. The third-order valence-corrected chi connectivity index (χ3v) is 3.43. The number of nitrogens with zero attached hydrogens (tertiary/aromatic N) is 1. The Morgan fingerprint density at radius 1 is 1.21 bits per heavy atom. The summed E-state index contributed by atoms with van der Waals surface area (Å²) in [7, 11) is 0. The molecule has 1 N–H and O–H groups in total. The number of aromatic nitrogens is 2. The molecular weight excluding hydrogens is 236 g/mol. The van der Waals surface area contributed by atoms with E-state index in [4.69, 9.17) is 0 Å². The van der Waals surface area contributed by atoms with Crippen molar-refractivity contribution in [2.45, 2.75) is 40.0 Å². The molecule has 0 aliphatic rings. The minimum absolute atomic E-state index is 0.0297. The van der Waals surface area contributed by atoms with Gasteiger partial charge in [0.05, 0.1) is 0 Å². The van der Waals surface area contributed by atoms with E-state index < -0.39 is 0 Å². The summed E-state index contributed by atoms with van der Waals surface area (Å²) in [6.45, 7) is 8.18. The van der Waals surface area contributed by atoms with E-state index >= 15 is 0 Å². The fourth-order valence-electron chi connectivity index (χ4n) is 2.19. The van der Waals surface area contributed by atoms with Crippen molar-refractivity contribution in [1.82, 2.24) is 9.97 Å². The van der Waals surface area contributed by atoms with Crippen molar-refractivity contribution in [1.29, 1.82) is 0 Å². The Hall–Kier alpha value is -1.90. The molecule has 3 heteroatoms. The summed E-state index contributed by atoms with van der Waals surface area (Å²) in [5.74, 6) is 1.15. The summed E-state index contributed by atoms with van der Waals surface area (Å²) in [5, 5.41) is 0. The molecular formula is C16H20N2O. The van der Waals surface area contributed by atoms with E-state index in [0.29, 0.717) is 18.2 Å². The van der Waals surface area contributed by atoms with Crippen LogP contribution in [0.5, 0.6) is 0 Å². The number of hydrogen-bond donors (Lipinski definition) is 1. The molecule has 0 fully saturated rings. The second kappa shape index (κ2) is 5.39. The van der Waals surface area contributed by atoms with E-state index in [-0.39, 0.29) is 5.56 Å². The van der Waals surface area contributed by atoms with Crippen LogP contribution in [0.15, 0.2) is 29.1 Å². The van der Waals surface area contributed by atoms with Crippen LogP contribution in [0.4, 0.5) is 0 Å². The molecule has 0 aliphatic heterocycles. The molecule has 1 heterocycles. The Balaban J connectivity index is 2.45. The second-order valence-corrected chi connectivity index (χ2v) is 5.11. The Labute approximate surface area is 113 Å². The molecule has 19 heavy (non-hydrogen) atoms. The topological polar surface area (TPSA) is 45.8 Å². The molecule has 0 aliphatic carbocycles. The van der Waals surface area contributed by atoms with Gasteiger partial charge in [-0.1, -0.05) is 45.0 Å². The molecule has 0 amide bonds. The van der Waals surface area contributed by atoms with Gasteiger partial charge in [-0.25, -0.2) is 4.98 Å². The van der Waals surface area contributed by atoms with Gasteiger partial charge in [-0.2, -0.15) is 0 Å². The summed E-state index contributed by atoms with van der Waals surface area (Å²) in [4.78, 5) is 19.3. The van der Waals surface area contributed by atoms with E-state index in [1.165, 1.54) is 5.56 Å².